The Bertz CT molecular complexity index is 1080. The van der Waals surface area contributed by atoms with Gasteiger partial charge in [-0.25, -0.2) is 4.98 Å². The van der Waals surface area contributed by atoms with E-state index in [0.717, 1.165) is 22.9 Å². The van der Waals surface area contributed by atoms with E-state index in [1.165, 1.54) is 6.07 Å². The van der Waals surface area contributed by atoms with Gasteiger partial charge in [-0.15, -0.1) is 0 Å². The summed E-state index contributed by atoms with van der Waals surface area (Å²) in [6.45, 7) is 2.35. The molecule has 0 aliphatic heterocycles. The van der Waals surface area contributed by atoms with Crippen molar-refractivity contribution in [3.63, 3.8) is 0 Å². The quantitative estimate of drug-likeness (QED) is 0.382. The third-order valence-electron chi connectivity index (χ3n) is 4.09. The second-order valence-electron chi connectivity index (χ2n) is 6.69. The number of aromatic nitrogens is 2. The molecule has 2 aromatic carbocycles. The topological polar surface area (TPSA) is 104 Å². The summed E-state index contributed by atoms with van der Waals surface area (Å²) in [5.74, 6) is -0.357. The van der Waals surface area contributed by atoms with Gasteiger partial charge in [-0.2, -0.15) is 0 Å². The van der Waals surface area contributed by atoms with Crippen LogP contribution >= 0.6 is 11.8 Å². The van der Waals surface area contributed by atoms with Crippen molar-refractivity contribution in [3.8, 4) is 0 Å². The lowest BCUT2D eigenvalue weighted by Crippen LogP contribution is -2.26. The van der Waals surface area contributed by atoms with Gasteiger partial charge in [0.1, 0.15) is 0 Å². The first-order valence-electron chi connectivity index (χ1n) is 9.38. The number of H-pyrrole nitrogens is 1. The number of thioether (sulfide) groups is 1. The summed E-state index contributed by atoms with van der Waals surface area (Å²) in [5.41, 5.74) is 2.74. The number of rotatable bonds is 8. The number of hydrogen-bond donors (Lipinski definition) is 3. The Morgan fingerprint density at radius 2 is 1.83 bits per heavy atom. The Kier molecular flexibility index (Phi) is 7.40. The minimum atomic E-state index is -0.363. The summed E-state index contributed by atoms with van der Waals surface area (Å²) in [6, 6.07) is 18.3. The minimum Gasteiger partial charge on any atom is -0.352 e. The van der Waals surface area contributed by atoms with Crippen molar-refractivity contribution < 1.29 is 9.59 Å². The van der Waals surface area contributed by atoms with Crippen molar-refractivity contribution in [1.82, 2.24) is 15.3 Å². The Hall–Kier alpha value is -3.39. The van der Waals surface area contributed by atoms with Gasteiger partial charge in [0.2, 0.25) is 11.8 Å². The van der Waals surface area contributed by atoms with E-state index >= 15 is 0 Å². The number of nitrogens with one attached hydrogen (secondary N) is 3. The second-order valence-corrected chi connectivity index (χ2v) is 7.65. The molecule has 0 radical (unpaired) electrons. The zero-order chi connectivity index (χ0) is 21.3. The molecule has 3 rings (SSSR count). The maximum absolute atomic E-state index is 12.2. The first-order chi connectivity index (χ1) is 14.5. The minimum absolute atomic E-state index is 0.0141. The van der Waals surface area contributed by atoms with E-state index in [2.05, 4.69) is 20.6 Å². The average Bonchev–Trinajstić information content (AvgIpc) is 2.71. The molecule has 0 saturated heterocycles. The van der Waals surface area contributed by atoms with Crippen LogP contribution in [-0.2, 0) is 22.6 Å². The van der Waals surface area contributed by atoms with Crippen LogP contribution in [0.1, 0.15) is 16.8 Å². The number of nitrogens with zero attached hydrogens (tertiary/aromatic N) is 1. The number of aryl methyl sites for hydroxylation is 1. The predicted octanol–water partition coefficient (Wildman–Crippen LogP) is 2.67. The molecule has 2 amide bonds. The lowest BCUT2D eigenvalue weighted by atomic mass is 10.2. The lowest BCUT2D eigenvalue weighted by Gasteiger charge is -2.07. The Balaban J connectivity index is 1.53. The summed E-state index contributed by atoms with van der Waals surface area (Å²) in [5, 5.41) is 5.91. The Labute approximate surface area is 178 Å². The van der Waals surface area contributed by atoms with Gasteiger partial charge >= 0.3 is 0 Å². The zero-order valence-corrected chi connectivity index (χ0v) is 17.3. The molecule has 154 valence electrons. The van der Waals surface area contributed by atoms with Gasteiger partial charge in [0, 0.05) is 18.3 Å². The number of carbonyl (C=O) groups is 2. The standard InChI is InChI=1S/C22H22N4O3S/c1-15-6-5-9-17(10-15)24-21(29)14-30-22-25-18(12-20(28)26-22)11-19(27)23-13-16-7-3-2-4-8-16/h2-10,12H,11,13-14H2,1H3,(H,23,27)(H,24,29)(H,25,26,28). The Morgan fingerprint density at radius 1 is 1.03 bits per heavy atom. The largest absolute Gasteiger partial charge is 0.352 e. The first-order valence-corrected chi connectivity index (χ1v) is 10.4. The summed E-state index contributed by atoms with van der Waals surface area (Å²) < 4.78 is 0. The van der Waals surface area contributed by atoms with E-state index in [1.807, 2.05) is 61.5 Å². The average molecular weight is 423 g/mol. The molecule has 8 heteroatoms. The van der Waals surface area contributed by atoms with Crippen LogP contribution in [0.5, 0.6) is 0 Å². The molecule has 3 aromatic rings. The normalized spacial score (nSPS) is 10.4. The zero-order valence-electron chi connectivity index (χ0n) is 16.5. The summed E-state index contributed by atoms with van der Waals surface area (Å²) in [6.07, 6.45) is -0.0141. The molecule has 7 nitrogen and oxygen atoms in total. The van der Waals surface area contributed by atoms with E-state index in [4.69, 9.17) is 0 Å². The van der Waals surface area contributed by atoms with Crippen LogP contribution in [0.3, 0.4) is 0 Å². The second kappa shape index (κ2) is 10.4. The summed E-state index contributed by atoms with van der Waals surface area (Å²) in [4.78, 5) is 43.1. The van der Waals surface area contributed by atoms with Crippen LogP contribution in [0.2, 0.25) is 0 Å². The smallest absolute Gasteiger partial charge is 0.251 e. The van der Waals surface area contributed by atoms with Gasteiger partial charge < -0.3 is 15.6 Å². The highest BCUT2D eigenvalue weighted by Crippen LogP contribution is 2.14. The number of aromatic amines is 1. The number of amides is 2. The Morgan fingerprint density at radius 3 is 2.60 bits per heavy atom. The molecule has 1 heterocycles. The van der Waals surface area contributed by atoms with Gasteiger partial charge in [0.05, 0.1) is 17.9 Å². The molecule has 0 spiro atoms. The number of anilines is 1. The number of carbonyl (C=O) groups excluding carboxylic acids is 2. The summed E-state index contributed by atoms with van der Waals surface area (Å²) >= 11 is 1.11. The van der Waals surface area contributed by atoms with E-state index < -0.39 is 0 Å². The van der Waals surface area contributed by atoms with Gasteiger partial charge in [-0.3, -0.25) is 14.4 Å². The highest BCUT2D eigenvalue weighted by molar-refractivity contribution is 7.99. The van der Waals surface area contributed by atoms with Crippen LogP contribution in [0, 0.1) is 6.92 Å². The first kappa shape index (κ1) is 21.3. The molecule has 30 heavy (non-hydrogen) atoms. The molecule has 0 bridgehead atoms. The third kappa shape index (κ3) is 6.89. The van der Waals surface area contributed by atoms with E-state index in [0.29, 0.717) is 23.1 Å². The van der Waals surface area contributed by atoms with Crippen molar-refractivity contribution in [2.24, 2.45) is 0 Å². The summed E-state index contributed by atoms with van der Waals surface area (Å²) in [7, 11) is 0. The molecule has 0 saturated carbocycles. The van der Waals surface area contributed by atoms with Crippen LogP contribution in [0.25, 0.3) is 0 Å². The molecule has 1 aromatic heterocycles. The van der Waals surface area contributed by atoms with Crippen LogP contribution in [0.4, 0.5) is 5.69 Å². The molecular weight excluding hydrogens is 400 g/mol. The molecule has 0 aliphatic carbocycles. The molecule has 3 N–H and O–H groups in total. The van der Waals surface area contributed by atoms with Crippen LogP contribution in [0.15, 0.2) is 70.6 Å². The van der Waals surface area contributed by atoms with Crippen molar-refractivity contribution in [1.29, 1.82) is 0 Å². The highest BCUT2D eigenvalue weighted by atomic mass is 32.2. The van der Waals surface area contributed by atoms with Gasteiger partial charge in [0.15, 0.2) is 5.16 Å². The maximum Gasteiger partial charge on any atom is 0.251 e. The molecule has 0 aliphatic rings. The maximum atomic E-state index is 12.2. The van der Waals surface area contributed by atoms with Crippen LogP contribution in [-0.4, -0.2) is 27.5 Å². The third-order valence-corrected chi connectivity index (χ3v) is 4.96. The van der Waals surface area contributed by atoms with Gasteiger partial charge in [0.25, 0.3) is 5.56 Å². The molecular formula is C22H22N4O3S. The van der Waals surface area contributed by atoms with Crippen molar-refractivity contribution >= 4 is 29.3 Å². The predicted molar refractivity (Wildman–Crippen MR) is 117 cm³/mol. The fraction of sp³-hybridized carbons (Fsp3) is 0.182. The highest BCUT2D eigenvalue weighted by Gasteiger charge is 2.10. The molecule has 0 atom stereocenters. The van der Waals surface area contributed by atoms with Gasteiger partial charge in [-0.1, -0.05) is 54.2 Å². The monoisotopic (exact) mass is 422 g/mol. The fourth-order valence-corrected chi connectivity index (χ4v) is 3.41. The van der Waals surface area contributed by atoms with Crippen molar-refractivity contribution in [2.75, 3.05) is 11.1 Å². The van der Waals surface area contributed by atoms with Crippen molar-refractivity contribution in [3.05, 3.63) is 87.8 Å². The van der Waals surface area contributed by atoms with Crippen LogP contribution < -0.4 is 16.2 Å². The number of hydrogen-bond acceptors (Lipinski definition) is 5. The number of benzene rings is 2. The SMILES string of the molecule is Cc1cccc(NC(=O)CSc2nc(CC(=O)NCc3ccccc3)cc(=O)[nH]2)c1. The molecule has 0 unspecified atom stereocenters. The lowest BCUT2D eigenvalue weighted by molar-refractivity contribution is -0.120. The van der Waals surface area contributed by atoms with Crippen molar-refractivity contribution in [2.45, 2.75) is 25.0 Å². The van der Waals surface area contributed by atoms with Gasteiger partial charge in [-0.05, 0) is 30.2 Å². The van der Waals surface area contributed by atoms with E-state index in [1.54, 1.807) is 0 Å². The molecule has 0 fully saturated rings. The van der Waals surface area contributed by atoms with E-state index in [-0.39, 0.29) is 29.5 Å². The fourth-order valence-electron chi connectivity index (χ4n) is 2.72. The van der Waals surface area contributed by atoms with E-state index in [9.17, 15) is 14.4 Å².